The summed E-state index contributed by atoms with van der Waals surface area (Å²) in [5.41, 5.74) is 7.83. The molecule has 2 N–H and O–H groups in total. The number of furan rings is 1. The van der Waals surface area contributed by atoms with Crippen LogP contribution in [0.2, 0.25) is 0 Å². The summed E-state index contributed by atoms with van der Waals surface area (Å²) in [6, 6.07) is 8.05. The van der Waals surface area contributed by atoms with Crippen LogP contribution in [0.25, 0.3) is 11.0 Å². The first-order valence-electron chi connectivity index (χ1n) is 5.75. The predicted molar refractivity (Wildman–Crippen MR) is 70.6 cm³/mol. The minimum atomic E-state index is 0.436. The third kappa shape index (κ3) is 2.40. The smallest absolute Gasteiger partial charge is 0.134 e. The largest absolute Gasteiger partial charge is 0.459 e. The first kappa shape index (κ1) is 11.9. The molecule has 0 radical (unpaired) electrons. The molecule has 0 saturated carbocycles. The maximum atomic E-state index is 5.75. The molecule has 90 valence electrons. The van der Waals surface area contributed by atoms with Crippen molar-refractivity contribution in [3.05, 3.63) is 48.2 Å². The summed E-state index contributed by atoms with van der Waals surface area (Å²) in [7, 11) is 2.06. The molecule has 0 fully saturated rings. The molecular weight excluding hydrogens is 212 g/mol. The fraction of sp³-hybridized carbons (Fsp3) is 0.286. The van der Waals surface area contributed by atoms with Crippen LogP contribution in [0.4, 0.5) is 0 Å². The first-order chi connectivity index (χ1) is 8.26. The van der Waals surface area contributed by atoms with Gasteiger partial charge < -0.3 is 10.2 Å². The molecule has 0 aliphatic heterocycles. The van der Waals surface area contributed by atoms with Gasteiger partial charge in [-0.05, 0) is 13.1 Å². The van der Waals surface area contributed by atoms with Gasteiger partial charge >= 0.3 is 0 Å². The Morgan fingerprint density at radius 2 is 2.18 bits per heavy atom. The zero-order valence-electron chi connectivity index (χ0n) is 10.1. The van der Waals surface area contributed by atoms with E-state index in [9.17, 15) is 0 Å². The molecule has 0 spiro atoms. The second-order valence-corrected chi connectivity index (χ2v) is 4.19. The van der Waals surface area contributed by atoms with Gasteiger partial charge in [-0.3, -0.25) is 4.90 Å². The number of nitrogens with two attached hydrogens (primary N) is 1. The van der Waals surface area contributed by atoms with E-state index >= 15 is 0 Å². The van der Waals surface area contributed by atoms with E-state index in [2.05, 4.69) is 24.6 Å². The van der Waals surface area contributed by atoms with E-state index in [1.807, 2.05) is 24.3 Å². The zero-order chi connectivity index (χ0) is 12.3. The fourth-order valence-electron chi connectivity index (χ4n) is 2.04. The number of para-hydroxylation sites is 1. The topological polar surface area (TPSA) is 42.4 Å². The molecule has 3 nitrogen and oxygen atoms in total. The molecule has 0 atom stereocenters. The second kappa shape index (κ2) is 5.17. The summed E-state index contributed by atoms with van der Waals surface area (Å²) in [5, 5.41) is 1.16. The molecule has 0 aliphatic rings. The summed E-state index contributed by atoms with van der Waals surface area (Å²) >= 11 is 0. The van der Waals surface area contributed by atoms with Crippen molar-refractivity contribution >= 4 is 11.0 Å². The normalized spacial score (nSPS) is 11.2. The summed E-state index contributed by atoms with van der Waals surface area (Å²) in [5.74, 6) is 0.877. The highest BCUT2D eigenvalue weighted by atomic mass is 16.3. The van der Waals surface area contributed by atoms with E-state index in [-0.39, 0.29) is 0 Å². The molecular formula is C14H18N2O. The monoisotopic (exact) mass is 230 g/mol. The highest BCUT2D eigenvalue weighted by molar-refractivity contribution is 5.82. The van der Waals surface area contributed by atoms with Crippen molar-refractivity contribution < 1.29 is 4.42 Å². The van der Waals surface area contributed by atoms with Gasteiger partial charge in [-0.2, -0.15) is 0 Å². The number of likely N-dealkylation sites (N-methyl/N-ethyl adjacent to an activating group) is 1. The van der Waals surface area contributed by atoms with E-state index in [1.165, 1.54) is 5.56 Å². The Morgan fingerprint density at radius 1 is 1.41 bits per heavy atom. The Hall–Kier alpha value is -1.58. The van der Waals surface area contributed by atoms with E-state index in [0.717, 1.165) is 29.8 Å². The van der Waals surface area contributed by atoms with E-state index < -0.39 is 0 Å². The minimum Gasteiger partial charge on any atom is -0.459 e. The Kier molecular flexibility index (Phi) is 3.61. The van der Waals surface area contributed by atoms with Gasteiger partial charge in [0.1, 0.15) is 11.3 Å². The molecule has 1 aromatic heterocycles. The van der Waals surface area contributed by atoms with Crippen LogP contribution in [0.5, 0.6) is 0 Å². The minimum absolute atomic E-state index is 0.436. The van der Waals surface area contributed by atoms with Crippen molar-refractivity contribution in [1.82, 2.24) is 4.90 Å². The first-order valence-corrected chi connectivity index (χ1v) is 5.75. The lowest BCUT2D eigenvalue weighted by atomic mass is 10.1. The zero-order valence-corrected chi connectivity index (χ0v) is 10.1. The second-order valence-electron chi connectivity index (χ2n) is 4.19. The maximum Gasteiger partial charge on any atom is 0.134 e. The Labute approximate surface area is 102 Å². The van der Waals surface area contributed by atoms with E-state index in [4.69, 9.17) is 10.2 Å². The van der Waals surface area contributed by atoms with Crippen LogP contribution in [0, 0.1) is 0 Å². The number of hydrogen-bond acceptors (Lipinski definition) is 3. The van der Waals surface area contributed by atoms with Crippen LogP contribution in [-0.2, 0) is 13.1 Å². The lowest BCUT2D eigenvalue weighted by Crippen LogP contribution is -2.18. The van der Waals surface area contributed by atoms with E-state index in [0.29, 0.717) is 6.54 Å². The van der Waals surface area contributed by atoms with Crippen molar-refractivity contribution in [2.24, 2.45) is 5.73 Å². The molecule has 1 aromatic carbocycles. The fourth-order valence-corrected chi connectivity index (χ4v) is 2.04. The van der Waals surface area contributed by atoms with Gasteiger partial charge in [-0.1, -0.05) is 24.3 Å². The van der Waals surface area contributed by atoms with Crippen LogP contribution < -0.4 is 5.73 Å². The standard InChI is InChI=1S/C14H18N2O/c1-3-8-16(2)10-12-11-6-4-5-7-13(11)17-14(12)9-15/h3-7H,1,8-10,15H2,2H3. The molecule has 0 unspecified atom stereocenters. The van der Waals surface area contributed by atoms with Gasteiger partial charge in [0.2, 0.25) is 0 Å². The molecule has 0 aliphatic carbocycles. The predicted octanol–water partition coefficient (Wildman–Crippen LogP) is 2.51. The summed E-state index contributed by atoms with van der Waals surface area (Å²) < 4.78 is 5.75. The molecule has 17 heavy (non-hydrogen) atoms. The van der Waals surface area contributed by atoms with Crippen molar-refractivity contribution in [2.45, 2.75) is 13.1 Å². The van der Waals surface area contributed by atoms with Crippen molar-refractivity contribution in [2.75, 3.05) is 13.6 Å². The number of benzene rings is 1. The average molecular weight is 230 g/mol. The van der Waals surface area contributed by atoms with Gasteiger partial charge in [0.15, 0.2) is 0 Å². The Morgan fingerprint density at radius 3 is 2.88 bits per heavy atom. The molecule has 1 heterocycles. The highest BCUT2D eigenvalue weighted by Crippen LogP contribution is 2.26. The number of fused-ring (bicyclic) bond motifs is 1. The SMILES string of the molecule is C=CCN(C)Cc1c(CN)oc2ccccc12. The molecule has 2 aromatic rings. The van der Waals surface area contributed by atoms with Gasteiger partial charge in [0, 0.05) is 24.0 Å². The van der Waals surface area contributed by atoms with Gasteiger partial charge in [0.05, 0.1) is 6.54 Å². The van der Waals surface area contributed by atoms with Crippen LogP contribution in [0.15, 0.2) is 41.3 Å². The van der Waals surface area contributed by atoms with Crippen molar-refractivity contribution in [3.8, 4) is 0 Å². The van der Waals surface area contributed by atoms with Crippen molar-refractivity contribution in [3.63, 3.8) is 0 Å². The summed E-state index contributed by atoms with van der Waals surface area (Å²) in [6.07, 6.45) is 1.89. The van der Waals surface area contributed by atoms with Crippen LogP contribution in [0.3, 0.4) is 0 Å². The third-order valence-corrected chi connectivity index (χ3v) is 2.84. The van der Waals surface area contributed by atoms with Crippen molar-refractivity contribution in [1.29, 1.82) is 0 Å². The highest BCUT2D eigenvalue weighted by Gasteiger charge is 2.13. The molecule has 0 amide bonds. The lowest BCUT2D eigenvalue weighted by Gasteiger charge is -2.14. The molecule has 0 saturated heterocycles. The van der Waals surface area contributed by atoms with Crippen LogP contribution in [0.1, 0.15) is 11.3 Å². The molecule has 0 bridgehead atoms. The number of hydrogen-bond donors (Lipinski definition) is 1. The van der Waals surface area contributed by atoms with Gasteiger partial charge in [0.25, 0.3) is 0 Å². The third-order valence-electron chi connectivity index (χ3n) is 2.84. The van der Waals surface area contributed by atoms with E-state index in [1.54, 1.807) is 0 Å². The van der Waals surface area contributed by atoms with Crippen LogP contribution >= 0.6 is 0 Å². The maximum absolute atomic E-state index is 5.75. The summed E-state index contributed by atoms with van der Waals surface area (Å²) in [6.45, 7) is 5.86. The lowest BCUT2D eigenvalue weighted by molar-refractivity contribution is 0.360. The average Bonchev–Trinajstić information content (AvgIpc) is 2.68. The van der Waals surface area contributed by atoms with Crippen LogP contribution in [-0.4, -0.2) is 18.5 Å². The Balaban J connectivity index is 2.39. The number of nitrogens with zero attached hydrogens (tertiary/aromatic N) is 1. The van der Waals surface area contributed by atoms with Gasteiger partial charge in [-0.15, -0.1) is 6.58 Å². The molecule has 2 rings (SSSR count). The summed E-state index contributed by atoms with van der Waals surface area (Å²) in [4.78, 5) is 2.18. The van der Waals surface area contributed by atoms with Gasteiger partial charge in [-0.25, -0.2) is 0 Å². The Bertz CT molecular complexity index is 516. The molecule has 3 heteroatoms. The number of rotatable bonds is 5. The quantitative estimate of drug-likeness (QED) is 0.802.